The summed E-state index contributed by atoms with van der Waals surface area (Å²) in [5, 5.41) is 3.11. The fourth-order valence-corrected chi connectivity index (χ4v) is 1.55. The molecule has 0 bridgehead atoms. The van der Waals surface area contributed by atoms with Crippen molar-refractivity contribution in [2.45, 2.75) is 13.0 Å². The lowest BCUT2D eigenvalue weighted by molar-refractivity contribution is 0.490. The van der Waals surface area contributed by atoms with Crippen molar-refractivity contribution in [2.75, 3.05) is 11.1 Å². The van der Waals surface area contributed by atoms with Crippen LogP contribution >= 0.6 is 0 Å². The van der Waals surface area contributed by atoms with Crippen molar-refractivity contribution in [2.24, 2.45) is 0 Å². The van der Waals surface area contributed by atoms with E-state index >= 15 is 0 Å². The molecule has 0 spiro atoms. The number of anilines is 2. The predicted octanol–water partition coefficient (Wildman–Crippen LogP) is 3.17. The van der Waals surface area contributed by atoms with Crippen LogP contribution in [0.25, 0.3) is 0 Å². The average Bonchev–Trinajstić information content (AvgIpc) is 2.68. The van der Waals surface area contributed by atoms with Crippen molar-refractivity contribution in [3.05, 3.63) is 48.2 Å². The number of nitrogen functional groups attached to an aromatic ring is 1. The second kappa shape index (κ2) is 4.26. The molecular weight excluding hydrogens is 207 g/mol. The zero-order valence-corrected chi connectivity index (χ0v) is 8.91. The monoisotopic (exact) mass is 220 g/mol. The van der Waals surface area contributed by atoms with E-state index in [0.29, 0.717) is 11.4 Å². The summed E-state index contributed by atoms with van der Waals surface area (Å²) in [5.41, 5.74) is 6.59. The molecule has 0 radical (unpaired) electrons. The van der Waals surface area contributed by atoms with Crippen LogP contribution in [0.1, 0.15) is 18.7 Å². The van der Waals surface area contributed by atoms with Gasteiger partial charge in [0.25, 0.3) is 0 Å². The summed E-state index contributed by atoms with van der Waals surface area (Å²) < 4.78 is 18.3. The third-order valence-electron chi connectivity index (χ3n) is 2.27. The Kier molecular flexibility index (Phi) is 2.81. The molecule has 1 unspecified atom stereocenters. The SMILES string of the molecule is CC(Nc1cc(N)cc(F)c1)c1ccco1. The molecule has 84 valence electrons. The molecule has 0 saturated carbocycles. The van der Waals surface area contributed by atoms with Gasteiger partial charge in [0.15, 0.2) is 0 Å². The second-order valence-corrected chi connectivity index (χ2v) is 3.65. The van der Waals surface area contributed by atoms with Crippen LogP contribution in [0.2, 0.25) is 0 Å². The minimum atomic E-state index is -0.353. The highest BCUT2D eigenvalue weighted by atomic mass is 19.1. The first-order valence-electron chi connectivity index (χ1n) is 5.01. The predicted molar refractivity (Wildman–Crippen MR) is 61.6 cm³/mol. The van der Waals surface area contributed by atoms with E-state index in [1.807, 2.05) is 19.1 Å². The van der Waals surface area contributed by atoms with Gasteiger partial charge in [0.05, 0.1) is 12.3 Å². The molecule has 3 nitrogen and oxygen atoms in total. The van der Waals surface area contributed by atoms with Crippen molar-refractivity contribution in [3.63, 3.8) is 0 Å². The number of nitrogens with two attached hydrogens (primary N) is 1. The molecule has 0 saturated heterocycles. The summed E-state index contributed by atoms with van der Waals surface area (Å²) >= 11 is 0. The summed E-state index contributed by atoms with van der Waals surface area (Å²) in [7, 11) is 0. The van der Waals surface area contributed by atoms with Crippen molar-refractivity contribution in [3.8, 4) is 0 Å². The van der Waals surface area contributed by atoms with Gasteiger partial charge in [-0.05, 0) is 37.3 Å². The number of furan rings is 1. The van der Waals surface area contributed by atoms with Crippen molar-refractivity contribution in [1.29, 1.82) is 0 Å². The molecule has 0 amide bonds. The highest BCUT2D eigenvalue weighted by Crippen LogP contribution is 2.22. The smallest absolute Gasteiger partial charge is 0.127 e. The quantitative estimate of drug-likeness (QED) is 0.781. The first kappa shape index (κ1) is 10.5. The molecule has 0 fully saturated rings. The molecule has 4 heteroatoms. The Bertz CT molecular complexity index is 448. The highest BCUT2D eigenvalue weighted by molar-refractivity contribution is 5.55. The van der Waals surface area contributed by atoms with Crippen molar-refractivity contribution >= 4 is 11.4 Å². The summed E-state index contributed by atoms with van der Waals surface area (Å²) in [5.74, 6) is 0.442. The van der Waals surface area contributed by atoms with Crippen molar-refractivity contribution in [1.82, 2.24) is 0 Å². The summed E-state index contributed by atoms with van der Waals surface area (Å²) in [6.45, 7) is 1.93. The Morgan fingerprint density at radius 2 is 2.19 bits per heavy atom. The number of hydrogen-bond acceptors (Lipinski definition) is 3. The van der Waals surface area contributed by atoms with E-state index in [9.17, 15) is 4.39 Å². The van der Waals surface area contributed by atoms with Gasteiger partial charge in [-0.3, -0.25) is 0 Å². The maximum atomic E-state index is 13.1. The van der Waals surface area contributed by atoms with Gasteiger partial charge in [-0.25, -0.2) is 4.39 Å². The van der Waals surface area contributed by atoms with Gasteiger partial charge in [-0.2, -0.15) is 0 Å². The Balaban J connectivity index is 2.15. The van der Waals surface area contributed by atoms with E-state index in [-0.39, 0.29) is 11.9 Å². The molecule has 2 rings (SSSR count). The Hall–Kier alpha value is -1.97. The lowest BCUT2D eigenvalue weighted by Gasteiger charge is -2.13. The van der Waals surface area contributed by atoms with Gasteiger partial charge in [0, 0.05) is 11.4 Å². The van der Waals surface area contributed by atoms with E-state index in [4.69, 9.17) is 10.2 Å². The molecule has 0 aliphatic heterocycles. The molecule has 1 aromatic heterocycles. The molecule has 16 heavy (non-hydrogen) atoms. The topological polar surface area (TPSA) is 51.2 Å². The van der Waals surface area contributed by atoms with Gasteiger partial charge < -0.3 is 15.5 Å². The van der Waals surface area contributed by atoms with E-state index in [0.717, 1.165) is 5.76 Å². The minimum absolute atomic E-state index is 0.0313. The average molecular weight is 220 g/mol. The van der Waals surface area contributed by atoms with E-state index in [2.05, 4.69) is 5.32 Å². The number of nitrogens with one attached hydrogen (secondary N) is 1. The lowest BCUT2D eigenvalue weighted by Crippen LogP contribution is -2.06. The molecule has 2 aromatic rings. The molecule has 1 atom stereocenters. The Morgan fingerprint density at radius 3 is 2.81 bits per heavy atom. The molecule has 1 heterocycles. The second-order valence-electron chi connectivity index (χ2n) is 3.65. The fraction of sp³-hybridized carbons (Fsp3) is 0.167. The number of rotatable bonds is 3. The first-order valence-corrected chi connectivity index (χ1v) is 5.01. The van der Waals surface area contributed by atoms with Crippen LogP contribution in [0.4, 0.5) is 15.8 Å². The highest BCUT2D eigenvalue weighted by Gasteiger charge is 2.08. The normalized spacial score (nSPS) is 12.4. The summed E-state index contributed by atoms with van der Waals surface area (Å²) in [6, 6.07) is 8.01. The third kappa shape index (κ3) is 2.34. The summed E-state index contributed by atoms with van der Waals surface area (Å²) in [6.07, 6.45) is 1.60. The molecular formula is C12H13FN2O. The number of halogens is 1. The van der Waals surface area contributed by atoms with Gasteiger partial charge in [0.2, 0.25) is 0 Å². The van der Waals surface area contributed by atoms with Crippen LogP contribution in [0.5, 0.6) is 0 Å². The molecule has 3 N–H and O–H groups in total. The van der Waals surface area contributed by atoms with Crippen LogP contribution in [-0.4, -0.2) is 0 Å². The lowest BCUT2D eigenvalue weighted by atomic mass is 10.2. The zero-order valence-electron chi connectivity index (χ0n) is 8.91. The van der Waals surface area contributed by atoms with Crippen LogP contribution in [-0.2, 0) is 0 Å². The van der Waals surface area contributed by atoms with Gasteiger partial charge in [-0.1, -0.05) is 0 Å². The number of benzene rings is 1. The Morgan fingerprint density at radius 1 is 1.38 bits per heavy atom. The first-order chi connectivity index (χ1) is 7.65. The Labute approximate surface area is 93.1 Å². The van der Waals surface area contributed by atoms with Gasteiger partial charge in [-0.15, -0.1) is 0 Å². The summed E-state index contributed by atoms with van der Waals surface area (Å²) in [4.78, 5) is 0. The van der Waals surface area contributed by atoms with Gasteiger partial charge >= 0.3 is 0 Å². The van der Waals surface area contributed by atoms with Crippen LogP contribution < -0.4 is 11.1 Å². The van der Waals surface area contributed by atoms with E-state index < -0.39 is 0 Å². The van der Waals surface area contributed by atoms with Crippen LogP contribution in [0, 0.1) is 5.82 Å². The molecule has 0 aliphatic carbocycles. The van der Waals surface area contributed by atoms with Gasteiger partial charge in [0.1, 0.15) is 11.6 Å². The van der Waals surface area contributed by atoms with Crippen LogP contribution in [0.15, 0.2) is 41.0 Å². The largest absolute Gasteiger partial charge is 0.467 e. The maximum absolute atomic E-state index is 13.1. The fourth-order valence-electron chi connectivity index (χ4n) is 1.55. The molecule has 1 aromatic carbocycles. The number of hydrogen-bond donors (Lipinski definition) is 2. The maximum Gasteiger partial charge on any atom is 0.127 e. The zero-order chi connectivity index (χ0) is 11.5. The van der Waals surface area contributed by atoms with Crippen LogP contribution in [0.3, 0.4) is 0 Å². The van der Waals surface area contributed by atoms with Crippen molar-refractivity contribution < 1.29 is 8.81 Å². The van der Waals surface area contributed by atoms with E-state index in [1.54, 1.807) is 12.3 Å². The van der Waals surface area contributed by atoms with E-state index in [1.165, 1.54) is 12.1 Å². The molecule has 0 aliphatic rings. The third-order valence-corrected chi connectivity index (χ3v) is 2.27. The minimum Gasteiger partial charge on any atom is -0.467 e. The standard InChI is InChI=1S/C12H13FN2O/c1-8(12-3-2-4-16-12)15-11-6-9(13)5-10(14)7-11/h2-8,15H,14H2,1H3.